The SMILES string of the molecule is CC(C)c1cc2c(CC(C)c3nc4cccnc4o3)ccnc2[nH]1. The molecule has 4 aromatic rings. The molecule has 4 heterocycles. The van der Waals surface area contributed by atoms with E-state index in [-0.39, 0.29) is 5.92 Å². The Labute approximate surface area is 140 Å². The highest BCUT2D eigenvalue weighted by molar-refractivity contribution is 5.80. The van der Waals surface area contributed by atoms with Gasteiger partial charge in [0.25, 0.3) is 0 Å². The number of aromatic amines is 1. The van der Waals surface area contributed by atoms with Gasteiger partial charge < -0.3 is 9.40 Å². The van der Waals surface area contributed by atoms with Crippen molar-refractivity contribution in [3.8, 4) is 0 Å². The number of pyridine rings is 2. The first-order valence-electron chi connectivity index (χ1n) is 8.29. The fourth-order valence-electron chi connectivity index (χ4n) is 3.01. The van der Waals surface area contributed by atoms with Crippen molar-refractivity contribution >= 4 is 22.3 Å². The maximum absolute atomic E-state index is 5.81. The van der Waals surface area contributed by atoms with Gasteiger partial charge in [0.2, 0.25) is 11.6 Å². The van der Waals surface area contributed by atoms with Crippen LogP contribution in [0.1, 0.15) is 49.8 Å². The lowest BCUT2D eigenvalue weighted by Gasteiger charge is -2.08. The number of hydrogen-bond donors (Lipinski definition) is 1. The molecular weight excluding hydrogens is 300 g/mol. The number of rotatable bonds is 4. The molecule has 0 radical (unpaired) electrons. The zero-order chi connectivity index (χ0) is 16.7. The van der Waals surface area contributed by atoms with Gasteiger partial charge in [0.05, 0.1) is 0 Å². The Morgan fingerprint density at radius 3 is 2.79 bits per heavy atom. The normalized spacial score (nSPS) is 13.2. The van der Waals surface area contributed by atoms with Gasteiger partial charge in [0.1, 0.15) is 11.2 Å². The average molecular weight is 320 g/mol. The summed E-state index contributed by atoms with van der Waals surface area (Å²) in [6.07, 6.45) is 4.43. The molecule has 122 valence electrons. The molecule has 0 spiro atoms. The molecular formula is C19H20N4O. The van der Waals surface area contributed by atoms with E-state index in [1.165, 1.54) is 16.6 Å². The largest absolute Gasteiger partial charge is 0.422 e. The fraction of sp³-hybridized carbons (Fsp3) is 0.316. The van der Waals surface area contributed by atoms with Crippen molar-refractivity contribution in [2.24, 2.45) is 0 Å². The second-order valence-corrected chi connectivity index (χ2v) is 6.60. The van der Waals surface area contributed by atoms with E-state index in [1.807, 2.05) is 18.3 Å². The number of hydrogen-bond acceptors (Lipinski definition) is 4. The number of aromatic nitrogens is 4. The lowest BCUT2D eigenvalue weighted by molar-refractivity contribution is 0.479. The lowest BCUT2D eigenvalue weighted by atomic mass is 9.99. The average Bonchev–Trinajstić information content (AvgIpc) is 3.19. The zero-order valence-electron chi connectivity index (χ0n) is 14.1. The van der Waals surface area contributed by atoms with Crippen molar-refractivity contribution in [1.29, 1.82) is 0 Å². The molecule has 0 aliphatic carbocycles. The van der Waals surface area contributed by atoms with Gasteiger partial charge in [0, 0.05) is 29.4 Å². The van der Waals surface area contributed by atoms with Crippen LogP contribution in [0.4, 0.5) is 0 Å². The molecule has 24 heavy (non-hydrogen) atoms. The highest BCUT2D eigenvalue weighted by Gasteiger charge is 2.17. The van der Waals surface area contributed by atoms with Crippen LogP contribution in [0.25, 0.3) is 22.3 Å². The Bertz CT molecular complexity index is 966. The molecule has 0 bridgehead atoms. The third-order valence-corrected chi connectivity index (χ3v) is 4.40. The minimum absolute atomic E-state index is 0.169. The zero-order valence-corrected chi connectivity index (χ0v) is 14.1. The summed E-state index contributed by atoms with van der Waals surface area (Å²) in [7, 11) is 0. The van der Waals surface area contributed by atoms with E-state index in [4.69, 9.17) is 4.42 Å². The number of oxazole rings is 1. The number of H-pyrrole nitrogens is 1. The van der Waals surface area contributed by atoms with Gasteiger partial charge in [-0.05, 0) is 42.2 Å². The van der Waals surface area contributed by atoms with Gasteiger partial charge in [0.15, 0.2) is 0 Å². The van der Waals surface area contributed by atoms with E-state index in [9.17, 15) is 0 Å². The van der Waals surface area contributed by atoms with Crippen LogP contribution in [0.2, 0.25) is 0 Å². The highest BCUT2D eigenvalue weighted by Crippen LogP contribution is 2.28. The first kappa shape index (κ1) is 14.9. The van der Waals surface area contributed by atoms with Crippen LogP contribution in [0.5, 0.6) is 0 Å². The topological polar surface area (TPSA) is 67.6 Å². The molecule has 0 aliphatic rings. The van der Waals surface area contributed by atoms with Gasteiger partial charge in [-0.1, -0.05) is 20.8 Å². The summed E-state index contributed by atoms with van der Waals surface area (Å²) in [4.78, 5) is 16.7. The maximum Gasteiger partial charge on any atom is 0.246 e. The molecule has 4 rings (SSSR count). The Balaban J connectivity index is 1.67. The number of nitrogens with one attached hydrogen (secondary N) is 1. The molecule has 1 N–H and O–H groups in total. The smallest absolute Gasteiger partial charge is 0.246 e. The number of nitrogens with zero attached hydrogens (tertiary/aromatic N) is 3. The molecule has 4 aromatic heterocycles. The van der Waals surface area contributed by atoms with Gasteiger partial charge in [-0.25, -0.2) is 15.0 Å². The van der Waals surface area contributed by atoms with Crippen molar-refractivity contribution in [2.75, 3.05) is 0 Å². The molecule has 0 amide bonds. The number of fused-ring (bicyclic) bond motifs is 2. The Hall–Kier alpha value is -2.69. The van der Waals surface area contributed by atoms with Crippen LogP contribution in [-0.2, 0) is 6.42 Å². The monoisotopic (exact) mass is 320 g/mol. The fourth-order valence-corrected chi connectivity index (χ4v) is 3.01. The van der Waals surface area contributed by atoms with Gasteiger partial charge in [-0.15, -0.1) is 0 Å². The second kappa shape index (κ2) is 5.74. The van der Waals surface area contributed by atoms with Crippen LogP contribution in [0.15, 0.2) is 41.1 Å². The van der Waals surface area contributed by atoms with Gasteiger partial charge >= 0.3 is 0 Å². The van der Waals surface area contributed by atoms with Crippen LogP contribution in [0, 0.1) is 0 Å². The quantitative estimate of drug-likeness (QED) is 0.598. The van der Waals surface area contributed by atoms with Crippen molar-refractivity contribution in [3.63, 3.8) is 0 Å². The first-order valence-corrected chi connectivity index (χ1v) is 8.29. The summed E-state index contributed by atoms with van der Waals surface area (Å²) >= 11 is 0. The summed E-state index contributed by atoms with van der Waals surface area (Å²) in [6, 6.07) is 8.09. The predicted octanol–water partition coefficient (Wildman–Crippen LogP) is 4.57. The van der Waals surface area contributed by atoms with E-state index in [0.29, 0.717) is 11.6 Å². The highest BCUT2D eigenvalue weighted by atomic mass is 16.4. The Morgan fingerprint density at radius 1 is 1.12 bits per heavy atom. The van der Waals surface area contributed by atoms with E-state index in [1.54, 1.807) is 6.20 Å². The standard InChI is InChI=1S/C19H20N4O/c1-11(2)16-10-14-13(6-8-20-17(14)22-16)9-12(3)18-23-15-5-4-7-21-19(15)24-18/h4-8,10-12H,9H2,1-3H3,(H,20,22). The first-order chi connectivity index (χ1) is 11.6. The minimum Gasteiger partial charge on any atom is -0.422 e. The van der Waals surface area contributed by atoms with Crippen LogP contribution in [-0.4, -0.2) is 19.9 Å². The third kappa shape index (κ3) is 2.56. The predicted molar refractivity (Wildman–Crippen MR) is 94.1 cm³/mol. The van der Waals surface area contributed by atoms with Crippen molar-refractivity contribution in [1.82, 2.24) is 19.9 Å². The summed E-state index contributed by atoms with van der Waals surface area (Å²) in [5.41, 5.74) is 4.82. The molecule has 1 unspecified atom stereocenters. The minimum atomic E-state index is 0.169. The molecule has 5 heteroatoms. The van der Waals surface area contributed by atoms with Crippen LogP contribution in [0.3, 0.4) is 0 Å². The van der Waals surface area contributed by atoms with Crippen molar-refractivity contribution < 1.29 is 4.42 Å². The lowest BCUT2D eigenvalue weighted by Crippen LogP contribution is -1.99. The Kier molecular flexibility index (Phi) is 3.56. The summed E-state index contributed by atoms with van der Waals surface area (Å²) < 4.78 is 5.81. The third-order valence-electron chi connectivity index (χ3n) is 4.40. The van der Waals surface area contributed by atoms with Crippen molar-refractivity contribution in [2.45, 2.75) is 39.0 Å². The Morgan fingerprint density at radius 2 is 2.00 bits per heavy atom. The molecule has 0 fully saturated rings. The van der Waals surface area contributed by atoms with Crippen LogP contribution >= 0.6 is 0 Å². The van der Waals surface area contributed by atoms with Crippen molar-refractivity contribution in [3.05, 3.63) is 53.8 Å². The van der Waals surface area contributed by atoms with Crippen LogP contribution < -0.4 is 0 Å². The second-order valence-electron chi connectivity index (χ2n) is 6.60. The van der Waals surface area contributed by atoms with E-state index in [2.05, 4.69) is 52.8 Å². The van der Waals surface area contributed by atoms with E-state index < -0.39 is 0 Å². The molecule has 0 aliphatic heterocycles. The summed E-state index contributed by atoms with van der Waals surface area (Å²) in [5, 5.41) is 1.18. The molecule has 0 saturated heterocycles. The molecule has 5 nitrogen and oxygen atoms in total. The summed E-state index contributed by atoms with van der Waals surface area (Å²) in [6.45, 7) is 6.49. The molecule has 0 aromatic carbocycles. The maximum atomic E-state index is 5.81. The summed E-state index contributed by atoms with van der Waals surface area (Å²) in [5.74, 6) is 1.35. The van der Waals surface area contributed by atoms with E-state index >= 15 is 0 Å². The molecule has 0 saturated carbocycles. The van der Waals surface area contributed by atoms with Gasteiger partial charge in [-0.2, -0.15) is 0 Å². The van der Waals surface area contributed by atoms with Gasteiger partial charge in [-0.3, -0.25) is 0 Å². The molecule has 1 atom stereocenters. The van der Waals surface area contributed by atoms with E-state index in [0.717, 1.165) is 23.5 Å².